The van der Waals surface area contributed by atoms with Gasteiger partial charge in [-0.3, -0.25) is 4.79 Å². The van der Waals surface area contributed by atoms with Crippen molar-refractivity contribution in [3.8, 4) is 0 Å². The molecule has 94 valence electrons. The van der Waals surface area contributed by atoms with E-state index in [1.54, 1.807) is 0 Å². The Bertz CT molecular complexity index is 596. The molecule has 0 aliphatic carbocycles. The van der Waals surface area contributed by atoms with E-state index in [-0.39, 0.29) is 11.9 Å². The molecule has 1 heterocycles. The molecule has 18 heavy (non-hydrogen) atoms. The van der Waals surface area contributed by atoms with Gasteiger partial charge in [-0.2, -0.15) is 0 Å². The van der Waals surface area contributed by atoms with Crippen LogP contribution in [0, 0.1) is 0 Å². The van der Waals surface area contributed by atoms with Gasteiger partial charge in [0.2, 0.25) is 0 Å². The first-order valence-electron chi connectivity index (χ1n) is 5.93. The number of benzene rings is 1. The van der Waals surface area contributed by atoms with Crippen molar-refractivity contribution in [1.82, 2.24) is 4.57 Å². The number of hydrogen-bond acceptors (Lipinski definition) is 2. The van der Waals surface area contributed by atoms with Gasteiger partial charge in [-0.05, 0) is 18.6 Å². The Hall–Kier alpha value is -2.03. The number of rotatable bonds is 3. The highest BCUT2D eigenvalue weighted by molar-refractivity contribution is 5.91. The summed E-state index contributed by atoms with van der Waals surface area (Å²) in [5.74, 6) is -0.574. The summed E-state index contributed by atoms with van der Waals surface area (Å²) in [6.07, 6.45) is 5.74. The number of aromatic nitrogens is 1. The van der Waals surface area contributed by atoms with E-state index >= 15 is 0 Å². The van der Waals surface area contributed by atoms with Gasteiger partial charge in [-0.15, -0.1) is 0 Å². The van der Waals surface area contributed by atoms with Gasteiger partial charge in [0.25, 0.3) is 0 Å². The second-order valence-electron chi connectivity index (χ2n) is 4.24. The van der Waals surface area contributed by atoms with Crippen molar-refractivity contribution in [3.63, 3.8) is 0 Å². The summed E-state index contributed by atoms with van der Waals surface area (Å²) < 4.78 is 6.91. The summed E-state index contributed by atoms with van der Waals surface area (Å²) in [4.78, 5) is 11.9. The van der Waals surface area contributed by atoms with E-state index in [1.807, 2.05) is 61.2 Å². The predicted octanol–water partition coefficient (Wildman–Crippen LogP) is 3.01. The molecule has 0 amide bonds. The van der Waals surface area contributed by atoms with Crippen LogP contribution in [0.3, 0.4) is 0 Å². The van der Waals surface area contributed by atoms with E-state index in [9.17, 15) is 4.79 Å². The number of fused-ring (bicyclic) bond motifs is 1. The molecule has 0 bridgehead atoms. The lowest BCUT2D eigenvalue weighted by Crippen LogP contribution is -2.11. The number of ether oxygens (including phenoxy) is 1. The highest BCUT2D eigenvalue weighted by Crippen LogP contribution is 2.29. The predicted molar refractivity (Wildman–Crippen MR) is 72.5 cm³/mol. The van der Waals surface area contributed by atoms with E-state index in [2.05, 4.69) is 0 Å². The van der Waals surface area contributed by atoms with Crippen LogP contribution in [0.1, 0.15) is 18.4 Å². The number of nitrogens with zero attached hydrogens (tertiary/aromatic N) is 1. The molecule has 1 unspecified atom stereocenters. The molecule has 0 fully saturated rings. The van der Waals surface area contributed by atoms with E-state index in [1.165, 1.54) is 7.11 Å². The summed E-state index contributed by atoms with van der Waals surface area (Å²) in [6, 6.07) is 8.05. The first-order chi connectivity index (χ1) is 8.69. The number of allylic oxidation sites excluding steroid dienone is 1. The summed E-state index contributed by atoms with van der Waals surface area (Å²) >= 11 is 0. The molecule has 0 saturated heterocycles. The zero-order valence-corrected chi connectivity index (χ0v) is 10.9. The number of esters is 1. The average molecular weight is 243 g/mol. The largest absolute Gasteiger partial charge is 0.468 e. The molecule has 1 aromatic carbocycles. The van der Waals surface area contributed by atoms with Crippen LogP contribution >= 0.6 is 0 Å². The fourth-order valence-electron chi connectivity index (χ4n) is 2.25. The molecule has 0 aliphatic rings. The van der Waals surface area contributed by atoms with E-state index in [0.717, 1.165) is 16.5 Å². The Morgan fingerprint density at radius 3 is 2.78 bits per heavy atom. The smallest absolute Gasteiger partial charge is 0.317 e. The van der Waals surface area contributed by atoms with E-state index in [4.69, 9.17) is 4.74 Å². The van der Waals surface area contributed by atoms with Gasteiger partial charge in [0.05, 0.1) is 7.11 Å². The quantitative estimate of drug-likeness (QED) is 0.613. The number of aryl methyl sites for hydroxylation is 1. The number of para-hydroxylation sites is 1. The lowest BCUT2D eigenvalue weighted by Gasteiger charge is -2.09. The third-order valence-electron chi connectivity index (χ3n) is 3.10. The van der Waals surface area contributed by atoms with Gasteiger partial charge in [0.15, 0.2) is 0 Å². The number of methoxy groups -OCH3 is 1. The molecule has 0 saturated carbocycles. The minimum Gasteiger partial charge on any atom is -0.468 e. The number of carbonyl (C=O) groups excluding carboxylic acids is 1. The van der Waals surface area contributed by atoms with Gasteiger partial charge in [0.1, 0.15) is 5.92 Å². The molecular weight excluding hydrogens is 226 g/mol. The van der Waals surface area contributed by atoms with Crippen molar-refractivity contribution < 1.29 is 9.53 Å². The van der Waals surface area contributed by atoms with Crippen LogP contribution in [-0.2, 0) is 16.6 Å². The molecule has 1 aromatic heterocycles. The minimum absolute atomic E-state index is 0.232. The maximum absolute atomic E-state index is 11.9. The molecule has 0 spiro atoms. The summed E-state index contributed by atoms with van der Waals surface area (Å²) in [5.41, 5.74) is 2.10. The Labute approximate surface area is 107 Å². The maximum atomic E-state index is 11.9. The highest BCUT2D eigenvalue weighted by Gasteiger charge is 2.22. The molecule has 0 aliphatic heterocycles. The van der Waals surface area contributed by atoms with Gasteiger partial charge < -0.3 is 9.30 Å². The molecule has 0 N–H and O–H groups in total. The molecule has 3 heteroatoms. The monoisotopic (exact) mass is 243 g/mol. The maximum Gasteiger partial charge on any atom is 0.317 e. The molecular formula is C15H17NO2. The first kappa shape index (κ1) is 12.4. The zero-order chi connectivity index (χ0) is 13.1. The van der Waals surface area contributed by atoms with Crippen LogP contribution in [0.5, 0.6) is 0 Å². The van der Waals surface area contributed by atoms with E-state index < -0.39 is 0 Å². The van der Waals surface area contributed by atoms with Gasteiger partial charge in [0, 0.05) is 24.1 Å². The lowest BCUT2D eigenvalue weighted by molar-refractivity contribution is -0.141. The van der Waals surface area contributed by atoms with Gasteiger partial charge >= 0.3 is 5.97 Å². The van der Waals surface area contributed by atoms with Crippen LogP contribution in [0.2, 0.25) is 0 Å². The SMILES string of the molecule is C/C=C\C(C(=O)OC)c1cn(C)c2ccccc12. The standard InChI is InChI=1S/C15H17NO2/c1-4-7-12(15(17)18-3)13-10-16(2)14-9-6-5-8-11(13)14/h4-10,12H,1-3H3/b7-4-. The second-order valence-corrected chi connectivity index (χ2v) is 4.24. The van der Waals surface area contributed by atoms with Crippen LogP contribution in [0.4, 0.5) is 0 Å². The van der Waals surface area contributed by atoms with Gasteiger partial charge in [-0.1, -0.05) is 30.4 Å². The van der Waals surface area contributed by atoms with Crippen molar-refractivity contribution >= 4 is 16.9 Å². The minimum atomic E-state index is -0.342. The Morgan fingerprint density at radius 1 is 1.39 bits per heavy atom. The van der Waals surface area contributed by atoms with Crippen molar-refractivity contribution in [3.05, 3.63) is 48.2 Å². The fraction of sp³-hybridized carbons (Fsp3) is 0.267. The third-order valence-corrected chi connectivity index (χ3v) is 3.10. The highest BCUT2D eigenvalue weighted by atomic mass is 16.5. The molecule has 3 nitrogen and oxygen atoms in total. The van der Waals surface area contributed by atoms with Crippen molar-refractivity contribution in [2.24, 2.45) is 7.05 Å². The number of hydrogen-bond donors (Lipinski definition) is 0. The molecule has 0 radical (unpaired) electrons. The average Bonchev–Trinajstić information content (AvgIpc) is 2.73. The van der Waals surface area contributed by atoms with Crippen molar-refractivity contribution in [2.45, 2.75) is 12.8 Å². The Kier molecular flexibility index (Phi) is 3.51. The topological polar surface area (TPSA) is 31.2 Å². The lowest BCUT2D eigenvalue weighted by atomic mass is 9.98. The summed E-state index contributed by atoms with van der Waals surface area (Å²) in [5, 5.41) is 1.09. The van der Waals surface area contributed by atoms with Crippen LogP contribution < -0.4 is 0 Å². The van der Waals surface area contributed by atoms with Crippen LogP contribution in [0.15, 0.2) is 42.6 Å². The fourth-order valence-corrected chi connectivity index (χ4v) is 2.25. The normalized spacial score (nSPS) is 13.1. The second kappa shape index (κ2) is 5.08. The van der Waals surface area contributed by atoms with E-state index in [0.29, 0.717) is 0 Å². The van der Waals surface area contributed by atoms with Crippen LogP contribution in [-0.4, -0.2) is 17.6 Å². The molecule has 2 rings (SSSR count). The Morgan fingerprint density at radius 2 is 2.11 bits per heavy atom. The van der Waals surface area contributed by atoms with Crippen molar-refractivity contribution in [1.29, 1.82) is 0 Å². The van der Waals surface area contributed by atoms with Crippen molar-refractivity contribution in [2.75, 3.05) is 7.11 Å². The first-order valence-corrected chi connectivity index (χ1v) is 5.93. The van der Waals surface area contributed by atoms with Gasteiger partial charge in [-0.25, -0.2) is 0 Å². The summed E-state index contributed by atoms with van der Waals surface area (Å²) in [6.45, 7) is 1.90. The molecule has 1 atom stereocenters. The zero-order valence-electron chi connectivity index (χ0n) is 10.9. The van der Waals surface area contributed by atoms with Crippen LogP contribution in [0.25, 0.3) is 10.9 Å². The Balaban J connectivity index is 2.61. The third kappa shape index (κ3) is 2.04. The number of carbonyl (C=O) groups is 1. The summed E-state index contributed by atoms with van der Waals surface area (Å²) in [7, 11) is 3.40. The molecule has 2 aromatic rings.